The van der Waals surface area contributed by atoms with Crippen molar-refractivity contribution >= 4 is 25.8 Å². The average molecular weight is 374 g/mol. The Morgan fingerprint density at radius 2 is 1.92 bits per heavy atom. The Morgan fingerprint density at radius 3 is 2.42 bits per heavy atom. The van der Waals surface area contributed by atoms with Gasteiger partial charge in [-0.3, -0.25) is 4.79 Å². The maximum absolute atomic E-state index is 12.3. The second-order valence-corrected chi connectivity index (χ2v) is 9.87. The Hall–Kier alpha value is -1.45. The number of nitrogens with zero attached hydrogens (tertiary/aromatic N) is 1. The summed E-state index contributed by atoms with van der Waals surface area (Å²) < 4.78 is 49.8. The first-order valence-electron chi connectivity index (χ1n) is 7.71. The van der Waals surface area contributed by atoms with Gasteiger partial charge in [0.2, 0.25) is 15.9 Å². The zero-order valence-electron chi connectivity index (χ0n) is 13.7. The molecule has 0 aliphatic carbocycles. The predicted molar refractivity (Wildman–Crippen MR) is 90.8 cm³/mol. The molecule has 1 amide bonds. The molecule has 24 heavy (non-hydrogen) atoms. The van der Waals surface area contributed by atoms with E-state index in [1.807, 2.05) is 6.92 Å². The molecule has 9 heteroatoms. The van der Waals surface area contributed by atoms with Crippen molar-refractivity contribution < 1.29 is 21.6 Å². The Kier molecular flexibility index (Phi) is 5.67. The first kappa shape index (κ1) is 18.9. The van der Waals surface area contributed by atoms with Crippen LogP contribution in [0.3, 0.4) is 0 Å². The molecule has 1 N–H and O–H groups in total. The van der Waals surface area contributed by atoms with Gasteiger partial charge in [-0.1, -0.05) is 17.7 Å². The highest BCUT2D eigenvalue weighted by molar-refractivity contribution is 7.91. The van der Waals surface area contributed by atoms with Crippen LogP contribution < -0.4 is 4.72 Å². The summed E-state index contributed by atoms with van der Waals surface area (Å²) in [6.07, 6.45) is 0.395. The van der Waals surface area contributed by atoms with Crippen LogP contribution in [-0.2, 0) is 24.7 Å². The minimum absolute atomic E-state index is 0.0582. The van der Waals surface area contributed by atoms with Crippen molar-refractivity contribution in [1.29, 1.82) is 0 Å². The number of amides is 1. The van der Waals surface area contributed by atoms with Crippen LogP contribution >= 0.6 is 0 Å². The maximum Gasteiger partial charge on any atom is 0.241 e. The first-order valence-corrected chi connectivity index (χ1v) is 11.0. The highest BCUT2D eigenvalue weighted by Gasteiger charge is 2.34. The van der Waals surface area contributed by atoms with Crippen LogP contribution in [0.1, 0.15) is 18.9 Å². The molecule has 0 spiro atoms. The summed E-state index contributed by atoms with van der Waals surface area (Å²) in [6, 6.07) is 5.93. The maximum atomic E-state index is 12.3. The van der Waals surface area contributed by atoms with Gasteiger partial charge in [-0.25, -0.2) is 21.6 Å². The minimum Gasteiger partial charge on any atom is -0.338 e. The molecule has 1 fully saturated rings. The predicted octanol–water partition coefficient (Wildman–Crippen LogP) is 0.309. The molecule has 2 rings (SSSR count). The van der Waals surface area contributed by atoms with Crippen molar-refractivity contribution in [2.75, 3.05) is 24.6 Å². The van der Waals surface area contributed by atoms with Gasteiger partial charge in [-0.05, 0) is 32.4 Å². The SMILES string of the molecule is CCN(C(=O)CNS(=O)(=O)c1ccc(C)cc1)C1CCS(=O)(=O)C1. The second-order valence-electron chi connectivity index (χ2n) is 5.87. The van der Waals surface area contributed by atoms with Crippen LogP contribution in [0.4, 0.5) is 0 Å². The smallest absolute Gasteiger partial charge is 0.241 e. The zero-order valence-corrected chi connectivity index (χ0v) is 15.4. The average Bonchev–Trinajstić information content (AvgIpc) is 2.86. The molecule has 1 aromatic carbocycles. The highest BCUT2D eigenvalue weighted by atomic mass is 32.2. The Labute approximate surface area is 143 Å². The zero-order chi connectivity index (χ0) is 18.0. The number of carbonyl (C=O) groups excluding carboxylic acids is 1. The fourth-order valence-electron chi connectivity index (χ4n) is 2.72. The summed E-state index contributed by atoms with van der Waals surface area (Å²) in [7, 11) is -6.88. The Bertz CT molecular complexity index is 801. The number of carbonyl (C=O) groups is 1. The number of aryl methyl sites for hydroxylation is 1. The molecule has 1 saturated heterocycles. The largest absolute Gasteiger partial charge is 0.338 e. The van der Waals surface area contributed by atoms with Crippen LogP contribution in [0.15, 0.2) is 29.2 Å². The van der Waals surface area contributed by atoms with Gasteiger partial charge in [0.25, 0.3) is 0 Å². The van der Waals surface area contributed by atoms with Crippen LogP contribution in [0.2, 0.25) is 0 Å². The van der Waals surface area contributed by atoms with E-state index in [9.17, 15) is 21.6 Å². The standard InChI is InChI=1S/C15H22N2O5S2/c1-3-17(13-8-9-23(19,20)11-13)15(18)10-16-24(21,22)14-6-4-12(2)5-7-14/h4-7,13,16H,3,8-11H2,1-2H3. The van der Waals surface area contributed by atoms with Gasteiger partial charge in [0.1, 0.15) is 0 Å². The highest BCUT2D eigenvalue weighted by Crippen LogP contribution is 2.18. The van der Waals surface area contributed by atoms with E-state index in [4.69, 9.17) is 0 Å². The molecule has 1 unspecified atom stereocenters. The summed E-state index contributed by atoms with van der Waals surface area (Å²) >= 11 is 0. The lowest BCUT2D eigenvalue weighted by molar-refractivity contribution is -0.131. The van der Waals surface area contributed by atoms with E-state index in [0.29, 0.717) is 13.0 Å². The quantitative estimate of drug-likeness (QED) is 0.772. The number of hydrogen-bond donors (Lipinski definition) is 1. The van der Waals surface area contributed by atoms with Gasteiger partial charge in [0, 0.05) is 12.6 Å². The van der Waals surface area contributed by atoms with E-state index in [1.54, 1.807) is 19.1 Å². The number of likely N-dealkylation sites (N-methyl/N-ethyl adjacent to an activating group) is 1. The summed E-state index contributed by atoms with van der Waals surface area (Å²) in [4.78, 5) is 13.8. The van der Waals surface area contributed by atoms with Gasteiger partial charge >= 0.3 is 0 Å². The monoisotopic (exact) mass is 374 g/mol. The van der Waals surface area contributed by atoms with Crippen molar-refractivity contribution in [2.45, 2.75) is 31.2 Å². The number of sulfone groups is 1. The van der Waals surface area contributed by atoms with Crippen LogP contribution in [0, 0.1) is 6.92 Å². The Morgan fingerprint density at radius 1 is 1.29 bits per heavy atom. The van der Waals surface area contributed by atoms with Crippen molar-refractivity contribution in [2.24, 2.45) is 0 Å². The minimum atomic E-state index is -3.78. The topological polar surface area (TPSA) is 101 Å². The van der Waals surface area contributed by atoms with Gasteiger partial charge < -0.3 is 4.90 Å². The lowest BCUT2D eigenvalue weighted by atomic mass is 10.2. The van der Waals surface area contributed by atoms with E-state index in [2.05, 4.69) is 4.72 Å². The van der Waals surface area contributed by atoms with Gasteiger partial charge in [0.05, 0.1) is 22.9 Å². The van der Waals surface area contributed by atoms with E-state index in [0.717, 1.165) is 5.56 Å². The third-order valence-corrected chi connectivity index (χ3v) is 7.22. The van der Waals surface area contributed by atoms with E-state index in [1.165, 1.54) is 17.0 Å². The Balaban J connectivity index is 2.02. The molecule has 1 aliphatic rings. The molecular formula is C15H22N2O5S2. The lowest BCUT2D eigenvalue weighted by Crippen LogP contribution is -2.46. The number of benzene rings is 1. The molecule has 0 radical (unpaired) electrons. The molecule has 1 atom stereocenters. The van der Waals surface area contributed by atoms with Gasteiger partial charge in [-0.15, -0.1) is 0 Å². The molecule has 0 saturated carbocycles. The molecule has 134 valence electrons. The number of nitrogens with one attached hydrogen (secondary N) is 1. The van der Waals surface area contributed by atoms with E-state index >= 15 is 0 Å². The molecule has 0 bridgehead atoms. The molecular weight excluding hydrogens is 352 g/mol. The molecule has 0 aromatic heterocycles. The molecule has 1 aliphatic heterocycles. The number of sulfonamides is 1. The summed E-state index contributed by atoms with van der Waals surface area (Å²) in [6.45, 7) is 3.55. The van der Waals surface area contributed by atoms with E-state index < -0.39 is 25.8 Å². The lowest BCUT2D eigenvalue weighted by Gasteiger charge is -2.27. The van der Waals surface area contributed by atoms with E-state index in [-0.39, 0.29) is 29.0 Å². The third kappa shape index (κ3) is 4.55. The van der Waals surface area contributed by atoms with Crippen LogP contribution in [0.25, 0.3) is 0 Å². The number of rotatable bonds is 6. The van der Waals surface area contributed by atoms with Crippen LogP contribution in [0.5, 0.6) is 0 Å². The molecule has 1 aromatic rings. The fourth-order valence-corrected chi connectivity index (χ4v) is 5.42. The summed E-state index contributed by atoms with van der Waals surface area (Å²) in [5.41, 5.74) is 0.935. The van der Waals surface area contributed by atoms with Crippen molar-refractivity contribution in [3.63, 3.8) is 0 Å². The fraction of sp³-hybridized carbons (Fsp3) is 0.533. The summed E-state index contributed by atoms with van der Waals surface area (Å²) in [5, 5.41) is 0. The van der Waals surface area contributed by atoms with Crippen molar-refractivity contribution in [1.82, 2.24) is 9.62 Å². The molecule has 1 heterocycles. The van der Waals surface area contributed by atoms with Gasteiger partial charge in [0.15, 0.2) is 9.84 Å². The van der Waals surface area contributed by atoms with Gasteiger partial charge in [-0.2, -0.15) is 0 Å². The van der Waals surface area contributed by atoms with Crippen LogP contribution in [-0.4, -0.2) is 58.3 Å². The summed E-state index contributed by atoms with van der Waals surface area (Å²) in [5.74, 6) is -0.413. The second kappa shape index (κ2) is 7.20. The molecule has 7 nitrogen and oxygen atoms in total. The number of hydrogen-bond acceptors (Lipinski definition) is 5. The van der Waals surface area contributed by atoms with Crippen molar-refractivity contribution in [3.8, 4) is 0 Å². The first-order chi connectivity index (χ1) is 11.1. The normalized spacial score (nSPS) is 20.0. The van der Waals surface area contributed by atoms with Crippen molar-refractivity contribution in [3.05, 3.63) is 29.8 Å². The third-order valence-electron chi connectivity index (χ3n) is 4.05.